The minimum absolute atomic E-state index is 0.129. The number of piperidine rings is 2. The fraction of sp³-hybridized carbons (Fsp3) is 0.647. The van der Waals surface area contributed by atoms with Crippen molar-refractivity contribution in [3.05, 3.63) is 35.6 Å². The number of hydrogen-bond acceptors (Lipinski definition) is 0. The smallest absolute Gasteiger partial charge is 0.123 e. The molecule has 0 spiro atoms. The van der Waals surface area contributed by atoms with Gasteiger partial charge in [0.15, 0.2) is 0 Å². The monoisotopic (exact) mass is 278 g/mol. The number of rotatable bonds is 3. The van der Waals surface area contributed by atoms with Gasteiger partial charge in [0, 0.05) is 18.4 Å². The van der Waals surface area contributed by atoms with E-state index < -0.39 is 0 Å². The fourth-order valence-electron chi connectivity index (χ4n) is 3.92. The second kappa shape index (κ2) is 6.68. The molecule has 3 heteroatoms. The second-order valence-electron chi connectivity index (χ2n) is 6.55. The summed E-state index contributed by atoms with van der Waals surface area (Å²) in [6, 6.07) is 7.94. The number of benzene rings is 1. The molecule has 0 bridgehead atoms. The van der Waals surface area contributed by atoms with Crippen LogP contribution in [0.1, 0.15) is 37.7 Å². The van der Waals surface area contributed by atoms with Crippen LogP contribution in [0, 0.1) is 5.82 Å². The third kappa shape index (κ3) is 3.58. The highest BCUT2D eigenvalue weighted by atomic mass is 19.1. The molecule has 2 N–H and O–H groups in total. The van der Waals surface area contributed by atoms with Crippen molar-refractivity contribution in [2.75, 3.05) is 26.2 Å². The van der Waals surface area contributed by atoms with Gasteiger partial charge in [0.2, 0.25) is 0 Å². The van der Waals surface area contributed by atoms with Crippen molar-refractivity contribution in [2.24, 2.45) is 0 Å². The molecule has 20 heavy (non-hydrogen) atoms. The summed E-state index contributed by atoms with van der Waals surface area (Å²) in [7, 11) is 0. The molecule has 1 aromatic carbocycles. The third-order valence-corrected chi connectivity index (χ3v) is 5.13. The van der Waals surface area contributed by atoms with E-state index in [0.717, 1.165) is 12.6 Å². The molecule has 1 aromatic rings. The van der Waals surface area contributed by atoms with Crippen LogP contribution in [0.4, 0.5) is 4.39 Å². The van der Waals surface area contributed by atoms with Gasteiger partial charge in [-0.2, -0.15) is 0 Å². The molecule has 0 radical (unpaired) electrons. The molecule has 2 fully saturated rings. The van der Waals surface area contributed by atoms with Crippen LogP contribution in [0.5, 0.6) is 0 Å². The first kappa shape index (κ1) is 14.0. The maximum absolute atomic E-state index is 12.9. The van der Waals surface area contributed by atoms with E-state index in [1.165, 1.54) is 63.8 Å². The number of halogens is 1. The van der Waals surface area contributed by atoms with Crippen molar-refractivity contribution in [1.29, 1.82) is 0 Å². The van der Waals surface area contributed by atoms with Crippen LogP contribution in [0.2, 0.25) is 0 Å². The lowest BCUT2D eigenvalue weighted by molar-refractivity contribution is -0.965. The molecule has 0 aromatic heterocycles. The topological polar surface area (TPSA) is 8.88 Å². The van der Waals surface area contributed by atoms with Crippen molar-refractivity contribution in [3.8, 4) is 0 Å². The van der Waals surface area contributed by atoms with Gasteiger partial charge < -0.3 is 9.80 Å². The molecule has 2 heterocycles. The summed E-state index contributed by atoms with van der Waals surface area (Å²) in [4.78, 5) is 3.54. The zero-order valence-corrected chi connectivity index (χ0v) is 12.3. The van der Waals surface area contributed by atoms with Crippen LogP contribution < -0.4 is 9.80 Å². The van der Waals surface area contributed by atoms with E-state index >= 15 is 0 Å². The number of likely N-dealkylation sites (tertiary alicyclic amines) is 2. The summed E-state index contributed by atoms with van der Waals surface area (Å²) in [5.74, 6) is -0.129. The van der Waals surface area contributed by atoms with Crippen LogP contribution in [0.15, 0.2) is 24.3 Å². The van der Waals surface area contributed by atoms with Gasteiger partial charge in [-0.15, -0.1) is 0 Å². The summed E-state index contributed by atoms with van der Waals surface area (Å²) in [5, 5.41) is 0. The Morgan fingerprint density at radius 2 is 1.55 bits per heavy atom. The van der Waals surface area contributed by atoms with E-state index in [2.05, 4.69) is 0 Å². The zero-order chi connectivity index (χ0) is 13.8. The highest BCUT2D eigenvalue weighted by Crippen LogP contribution is 2.04. The maximum atomic E-state index is 12.9. The summed E-state index contributed by atoms with van der Waals surface area (Å²) >= 11 is 0. The number of nitrogens with one attached hydrogen (secondary N) is 2. The Labute approximate surface area is 121 Å². The van der Waals surface area contributed by atoms with Crippen molar-refractivity contribution in [1.82, 2.24) is 0 Å². The Morgan fingerprint density at radius 3 is 2.20 bits per heavy atom. The van der Waals surface area contributed by atoms with Gasteiger partial charge in [-0.25, -0.2) is 4.39 Å². The molecule has 0 unspecified atom stereocenters. The average Bonchev–Trinajstić information content (AvgIpc) is 2.51. The van der Waals surface area contributed by atoms with Gasteiger partial charge >= 0.3 is 0 Å². The molecule has 0 aliphatic carbocycles. The molecule has 110 valence electrons. The lowest BCUT2D eigenvalue weighted by atomic mass is 9.99. The summed E-state index contributed by atoms with van der Waals surface area (Å²) in [6.45, 7) is 6.43. The molecule has 0 saturated carbocycles. The molecule has 2 aliphatic rings. The second-order valence-corrected chi connectivity index (χ2v) is 6.55. The lowest BCUT2D eigenvalue weighted by Crippen LogP contribution is -3.20. The minimum atomic E-state index is -0.129. The van der Waals surface area contributed by atoms with Gasteiger partial charge in [-0.1, -0.05) is 12.1 Å². The Morgan fingerprint density at radius 1 is 0.900 bits per heavy atom. The SMILES string of the molecule is Fc1ccc(C[NH+]2CCC([NH+]3CCCCC3)CC2)cc1. The average molecular weight is 278 g/mol. The van der Waals surface area contributed by atoms with E-state index in [9.17, 15) is 4.39 Å². The van der Waals surface area contributed by atoms with E-state index in [0.29, 0.717) is 0 Å². The van der Waals surface area contributed by atoms with Gasteiger partial charge in [-0.3, -0.25) is 0 Å². The third-order valence-electron chi connectivity index (χ3n) is 5.13. The fourth-order valence-corrected chi connectivity index (χ4v) is 3.92. The van der Waals surface area contributed by atoms with Crippen molar-refractivity contribution in [3.63, 3.8) is 0 Å². The van der Waals surface area contributed by atoms with E-state index in [-0.39, 0.29) is 5.82 Å². The molecule has 3 rings (SSSR count). The molecular formula is C17H27FN2+2. The summed E-state index contributed by atoms with van der Waals surface area (Å²) < 4.78 is 12.9. The van der Waals surface area contributed by atoms with Crippen molar-refractivity contribution < 1.29 is 14.2 Å². The number of quaternary nitrogens is 2. The molecular weight excluding hydrogens is 251 g/mol. The standard InChI is InChI=1S/C17H25FN2/c18-16-6-4-15(5-7-16)14-19-12-8-17(9-13-19)20-10-2-1-3-11-20/h4-7,17H,1-3,8-14H2/p+2. The maximum Gasteiger partial charge on any atom is 0.123 e. The van der Waals surface area contributed by atoms with E-state index in [1.807, 2.05) is 17.0 Å². The first-order valence-corrected chi connectivity index (χ1v) is 8.24. The van der Waals surface area contributed by atoms with Gasteiger partial charge in [0.05, 0.1) is 32.2 Å². The highest BCUT2D eigenvalue weighted by Gasteiger charge is 2.30. The lowest BCUT2D eigenvalue weighted by Gasteiger charge is -2.36. The minimum Gasteiger partial charge on any atom is -0.332 e. The van der Waals surface area contributed by atoms with Crippen LogP contribution in [0.25, 0.3) is 0 Å². The van der Waals surface area contributed by atoms with Gasteiger partial charge in [0.25, 0.3) is 0 Å². The number of hydrogen-bond donors (Lipinski definition) is 2. The molecule has 2 aliphatic heterocycles. The van der Waals surface area contributed by atoms with Crippen LogP contribution in [-0.4, -0.2) is 32.2 Å². The first-order valence-electron chi connectivity index (χ1n) is 8.24. The Hall–Kier alpha value is -0.930. The van der Waals surface area contributed by atoms with Crippen molar-refractivity contribution >= 4 is 0 Å². The van der Waals surface area contributed by atoms with Crippen LogP contribution >= 0.6 is 0 Å². The predicted octanol–water partition coefficient (Wildman–Crippen LogP) is 0.442. The van der Waals surface area contributed by atoms with Gasteiger partial charge in [-0.05, 0) is 31.4 Å². The normalized spacial score (nSPS) is 28.4. The largest absolute Gasteiger partial charge is 0.332 e. The summed E-state index contributed by atoms with van der Waals surface area (Å²) in [5.41, 5.74) is 1.27. The predicted molar refractivity (Wildman–Crippen MR) is 78.4 cm³/mol. The van der Waals surface area contributed by atoms with E-state index in [1.54, 1.807) is 17.0 Å². The van der Waals surface area contributed by atoms with Crippen LogP contribution in [0.3, 0.4) is 0 Å². The van der Waals surface area contributed by atoms with Crippen molar-refractivity contribution in [2.45, 2.75) is 44.7 Å². The Bertz CT molecular complexity index is 404. The van der Waals surface area contributed by atoms with E-state index in [4.69, 9.17) is 0 Å². The molecule has 0 amide bonds. The molecule has 2 nitrogen and oxygen atoms in total. The Balaban J connectivity index is 1.47. The highest BCUT2D eigenvalue weighted by molar-refractivity contribution is 5.14. The zero-order valence-electron chi connectivity index (χ0n) is 12.3. The molecule has 2 saturated heterocycles. The molecule has 0 atom stereocenters. The Kier molecular flexibility index (Phi) is 4.69. The summed E-state index contributed by atoms with van der Waals surface area (Å²) in [6.07, 6.45) is 7.03. The quantitative estimate of drug-likeness (QED) is 0.794. The van der Waals surface area contributed by atoms with Gasteiger partial charge in [0.1, 0.15) is 12.4 Å². The first-order chi connectivity index (χ1) is 9.81. The van der Waals surface area contributed by atoms with Crippen LogP contribution in [-0.2, 0) is 6.54 Å².